The SMILES string of the molecule is C=C/C=C(\C=C/C)OCC1CO1.CC(C)(C)c1ccc(O)cc1.C\C=C/C(=C\C=C\C(C)(C)c1ccc(OC(CC)(CC)CC2CO2)cc1)OCC(O)CC(CC)CC. The highest BCUT2D eigenvalue weighted by Crippen LogP contribution is 2.34. The summed E-state index contributed by atoms with van der Waals surface area (Å²) in [7, 11) is 0. The molecule has 0 aromatic heterocycles. The fourth-order valence-electron chi connectivity index (χ4n) is 6.34. The molecule has 4 rings (SSSR count). The zero-order valence-corrected chi connectivity index (χ0v) is 38.3. The largest absolute Gasteiger partial charge is 0.508 e. The van der Waals surface area contributed by atoms with Gasteiger partial charge in [0.2, 0.25) is 0 Å². The van der Waals surface area contributed by atoms with Gasteiger partial charge in [0, 0.05) is 11.8 Å². The molecule has 328 valence electrons. The Morgan fingerprint density at radius 2 is 1.34 bits per heavy atom. The first-order valence-electron chi connectivity index (χ1n) is 21.8. The summed E-state index contributed by atoms with van der Waals surface area (Å²) < 4.78 is 28.3. The lowest BCUT2D eigenvalue weighted by Gasteiger charge is -2.32. The number of benzene rings is 2. The van der Waals surface area contributed by atoms with Gasteiger partial charge in [-0.1, -0.05) is 136 Å². The highest BCUT2D eigenvalue weighted by Gasteiger charge is 2.37. The fourth-order valence-corrected chi connectivity index (χ4v) is 6.34. The summed E-state index contributed by atoms with van der Waals surface area (Å²) in [5, 5.41) is 19.4. The lowest BCUT2D eigenvalue weighted by Crippen LogP contribution is -2.36. The predicted molar refractivity (Wildman–Crippen MR) is 246 cm³/mol. The molecule has 2 saturated heterocycles. The van der Waals surface area contributed by atoms with E-state index < -0.39 is 6.10 Å². The Balaban J connectivity index is 0.000000419. The maximum atomic E-state index is 10.4. The first-order chi connectivity index (χ1) is 28.1. The molecule has 59 heavy (non-hydrogen) atoms. The standard InChI is InChI=1S/C32H50O4.C10H14O2.C10H14O/c1-8-14-28(34-23-27(33)21-25(9-2)10-3)15-13-20-31(6,7)26-16-18-29(19-17-26)36-32(11-4,12-5)22-30-24-35-30;1-3-5-9(6-4-2)11-7-10-8-12-10;1-10(2,3)8-4-6-9(11)7-5-8/h8,13-20,25,27,30,33H,9-12,21-24H2,1-7H3;3-6,10H,1,7-8H2,2H3;4-7,11H,1-3H3/b14-8-,20-13+,28-15+;6-4-,9-5+;. The smallest absolute Gasteiger partial charge is 0.120 e. The molecule has 0 radical (unpaired) electrons. The van der Waals surface area contributed by atoms with Gasteiger partial charge < -0.3 is 33.9 Å². The summed E-state index contributed by atoms with van der Waals surface area (Å²) in [6, 6.07) is 15.8. The minimum Gasteiger partial charge on any atom is -0.508 e. The zero-order valence-electron chi connectivity index (χ0n) is 38.3. The second kappa shape index (κ2) is 26.2. The van der Waals surface area contributed by atoms with E-state index in [1.807, 2.05) is 68.5 Å². The van der Waals surface area contributed by atoms with Gasteiger partial charge in [0.15, 0.2) is 0 Å². The fraction of sp³-hybridized carbons (Fsp3) is 0.538. The van der Waals surface area contributed by atoms with Crippen LogP contribution in [0.1, 0.15) is 126 Å². The molecule has 2 aromatic carbocycles. The van der Waals surface area contributed by atoms with Crippen molar-refractivity contribution in [3.63, 3.8) is 0 Å². The normalized spacial score (nSPS) is 17.6. The number of allylic oxidation sites excluding steroid dienone is 9. The lowest BCUT2D eigenvalue weighted by molar-refractivity contribution is 0.0432. The lowest BCUT2D eigenvalue weighted by atomic mass is 9.84. The number of hydrogen-bond acceptors (Lipinski definition) is 7. The number of phenolic OH excluding ortho intramolecular Hbond substituents is 1. The van der Waals surface area contributed by atoms with Crippen LogP contribution in [0.3, 0.4) is 0 Å². The predicted octanol–water partition coefficient (Wildman–Crippen LogP) is 12.6. The Hall–Kier alpha value is -4.04. The Bertz CT molecular complexity index is 1610. The number of aliphatic hydroxyl groups is 1. The monoisotopic (exact) mass is 815 g/mol. The topological polar surface area (TPSA) is 93.2 Å². The van der Waals surface area contributed by atoms with E-state index >= 15 is 0 Å². The van der Waals surface area contributed by atoms with Gasteiger partial charge in [-0.3, -0.25) is 0 Å². The summed E-state index contributed by atoms with van der Waals surface area (Å²) in [5.41, 5.74) is 2.33. The molecule has 0 saturated carbocycles. The van der Waals surface area contributed by atoms with Gasteiger partial charge in [-0.05, 0) is 104 Å². The van der Waals surface area contributed by atoms with Crippen LogP contribution in [-0.2, 0) is 29.8 Å². The number of ether oxygens (including phenoxy) is 5. The molecule has 2 aliphatic heterocycles. The average Bonchev–Trinajstić information content (AvgIpc) is 4.16. The van der Waals surface area contributed by atoms with Crippen LogP contribution in [0, 0.1) is 5.92 Å². The first-order valence-corrected chi connectivity index (χ1v) is 21.8. The molecule has 2 aromatic rings. The van der Waals surface area contributed by atoms with Crippen LogP contribution in [0.15, 0.2) is 121 Å². The van der Waals surface area contributed by atoms with Crippen LogP contribution in [0.25, 0.3) is 0 Å². The van der Waals surface area contributed by atoms with Gasteiger partial charge >= 0.3 is 0 Å². The maximum absolute atomic E-state index is 10.4. The van der Waals surface area contributed by atoms with Gasteiger partial charge in [-0.2, -0.15) is 0 Å². The average molecular weight is 815 g/mol. The molecule has 7 nitrogen and oxygen atoms in total. The summed E-state index contributed by atoms with van der Waals surface area (Å²) >= 11 is 0. The Morgan fingerprint density at radius 3 is 1.81 bits per heavy atom. The van der Waals surface area contributed by atoms with Gasteiger partial charge in [0.1, 0.15) is 47.9 Å². The van der Waals surface area contributed by atoms with Crippen molar-refractivity contribution < 1.29 is 33.9 Å². The molecule has 2 fully saturated rings. The highest BCUT2D eigenvalue weighted by atomic mass is 16.6. The van der Waals surface area contributed by atoms with Crippen LogP contribution in [0.4, 0.5) is 0 Å². The number of hydrogen-bond donors (Lipinski definition) is 2. The van der Waals surface area contributed by atoms with Crippen LogP contribution in [-0.4, -0.2) is 60.6 Å². The number of aromatic hydroxyl groups is 1. The van der Waals surface area contributed by atoms with Crippen molar-refractivity contribution in [2.24, 2.45) is 5.92 Å². The van der Waals surface area contributed by atoms with E-state index in [9.17, 15) is 5.11 Å². The van der Waals surface area contributed by atoms with Crippen molar-refractivity contribution >= 4 is 0 Å². The number of epoxide rings is 2. The molecule has 2 N–H and O–H groups in total. The molecular formula is C52H78O7. The number of rotatable bonds is 22. The van der Waals surface area contributed by atoms with Crippen molar-refractivity contribution in [1.29, 1.82) is 0 Å². The molecule has 0 bridgehead atoms. The summed E-state index contributed by atoms with van der Waals surface area (Å²) in [5.74, 6) is 3.38. The van der Waals surface area contributed by atoms with E-state index in [1.54, 1.807) is 18.2 Å². The van der Waals surface area contributed by atoms with Crippen molar-refractivity contribution in [2.75, 3.05) is 26.4 Å². The van der Waals surface area contributed by atoms with Gasteiger partial charge in [0.05, 0.1) is 25.4 Å². The second-order valence-corrected chi connectivity index (χ2v) is 17.1. The molecule has 3 unspecified atom stereocenters. The van der Waals surface area contributed by atoms with Crippen LogP contribution < -0.4 is 4.74 Å². The van der Waals surface area contributed by atoms with E-state index in [1.165, 1.54) is 11.1 Å². The minimum absolute atomic E-state index is 0.153. The number of aliphatic hydroxyl groups excluding tert-OH is 1. The quantitative estimate of drug-likeness (QED) is 0.0694. The van der Waals surface area contributed by atoms with Crippen LogP contribution in [0.2, 0.25) is 0 Å². The molecular weight excluding hydrogens is 737 g/mol. The van der Waals surface area contributed by atoms with E-state index in [0.29, 0.717) is 37.1 Å². The third-order valence-electron chi connectivity index (χ3n) is 10.7. The zero-order chi connectivity index (χ0) is 43.9. The van der Waals surface area contributed by atoms with Crippen molar-refractivity contribution in [1.82, 2.24) is 0 Å². The van der Waals surface area contributed by atoms with Crippen LogP contribution in [0.5, 0.6) is 11.5 Å². The highest BCUT2D eigenvalue weighted by molar-refractivity contribution is 5.36. The molecule has 7 heteroatoms. The molecule has 0 spiro atoms. The van der Waals surface area contributed by atoms with Gasteiger partial charge in [0.25, 0.3) is 0 Å². The van der Waals surface area contributed by atoms with E-state index in [-0.39, 0.29) is 16.4 Å². The number of phenols is 1. The molecule has 2 heterocycles. The molecule has 2 aliphatic rings. The minimum atomic E-state index is -0.444. The van der Waals surface area contributed by atoms with Crippen LogP contribution >= 0.6 is 0 Å². The Labute approximate surface area is 358 Å². The summed E-state index contributed by atoms with van der Waals surface area (Å²) in [4.78, 5) is 0. The summed E-state index contributed by atoms with van der Waals surface area (Å²) in [6.07, 6.45) is 23.5. The molecule has 0 amide bonds. The van der Waals surface area contributed by atoms with Crippen molar-refractivity contribution in [3.05, 3.63) is 132 Å². The van der Waals surface area contributed by atoms with Gasteiger partial charge in [-0.25, -0.2) is 0 Å². The maximum Gasteiger partial charge on any atom is 0.120 e. The Kier molecular flexibility index (Phi) is 22.7. The van der Waals surface area contributed by atoms with E-state index in [4.69, 9.17) is 28.8 Å². The van der Waals surface area contributed by atoms with Crippen molar-refractivity contribution in [2.45, 2.75) is 149 Å². The van der Waals surface area contributed by atoms with E-state index in [2.05, 4.69) is 99.2 Å². The third kappa shape index (κ3) is 20.7. The second-order valence-electron chi connectivity index (χ2n) is 17.1. The van der Waals surface area contributed by atoms with Gasteiger partial charge in [-0.15, -0.1) is 0 Å². The van der Waals surface area contributed by atoms with Crippen molar-refractivity contribution in [3.8, 4) is 11.5 Å². The summed E-state index contributed by atoms with van der Waals surface area (Å²) in [6.45, 7) is 29.8. The molecule has 0 aliphatic carbocycles. The first kappa shape index (κ1) is 51.1. The van der Waals surface area contributed by atoms with E-state index in [0.717, 1.165) is 69.0 Å². The third-order valence-corrected chi connectivity index (χ3v) is 10.7. The Morgan fingerprint density at radius 1 is 0.797 bits per heavy atom. The molecule has 3 atom stereocenters.